The average Bonchev–Trinajstić information content (AvgIpc) is 2.71. The summed E-state index contributed by atoms with van der Waals surface area (Å²) in [5.41, 5.74) is 0. The largest absolute Gasteiger partial charge is 0.493 e. The number of hydrogen-bond acceptors (Lipinski definition) is 5. The second-order valence-corrected chi connectivity index (χ2v) is 8.84. The maximum Gasteiger partial charge on any atom is 0.275 e. The highest BCUT2D eigenvalue weighted by Gasteiger charge is 2.31. The van der Waals surface area contributed by atoms with E-state index in [4.69, 9.17) is 9.47 Å². The van der Waals surface area contributed by atoms with Crippen LogP contribution in [0, 0.1) is 0 Å². The third kappa shape index (κ3) is 5.83. The lowest BCUT2D eigenvalue weighted by molar-refractivity contribution is -0.895. The lowest BCUT2D eigenvalue weighted by Gasteiger charge is -2.31. The molecule has 1 aliphatic rings. The third-order valence-corrected chi connectivity index (χ3v) is 6.83. The number of methoxy groups -OCH3 is 2. The van der Waals surface area contributed by atoms with E-state index in [-0.39, 0.29) is 10.8 Å². The van der Waals surface area contributed by atoms with Crippen molar-refractivity contribution in [1.82, 2.24) is 9.62 Å². The normalized spacial score (nSPS) is 16.0. The molecule has 0 saturated carbocycles. The summed E-state index contributed by atoms with van der Waals surface area (Å²) in [6.45, 7) is 5.20. The second-order valence-electron chi connectivity index (χ2n) is 6.90. The number of unbranched alkanes of at least 4 members (excludes halogenated alkanes) is 2. The zero-order chi connectivity index (χ0) is 20.6. The molecule has 158 valence electrons. The summed E-state index contributed by atoms with van der Waals surface area (Å²) in [7, 11) is -0.624. The first-order valence-electron chi connectivity index (χ1n) is 9.74. The number of carbonyl (C=O) groups is 1. The highest BCUT2D eigenvalue weighted by molar-refractivity contribution is 7.89. The number of nitrogens with zero attached hydrogens (tertiary/aromatic N) is 1. The Morgan fingerprint density at radius 2 is 1.82 bits per heavy atom. The van der Waals surface area contributed by atoms with Crippen LogP contribution in [0.4, 0.5) is 0 Å². The van der Waals surface area contributed by atoms with E-state index in [1.165, 1.54) is 30.7 Å². The fraction of sp³-hybridized carbons (Fsp3) is 0.632. The van der Waals surface area contributed by atoms with Crippen molar-refractivity contribution in [2.45, 2.75) is 31.1 Å². The number of benzene rings is 1. The first kappa shape index (κ1) is 22.4. The molecule has 2 N–H and O–H groups in total. The third-order valence-electron chi connectivity index (χ3n) is 4.94. The molecule has 0 bridgehead atoms. The van der Waals surface area contributed by atoms with Gasteiger partial charge in [-0.25, -0.2) is 8.42 Å². The number of amides is 1. The van der Waals surface area contributed by atoms with Gasteiger partial charge in [0.15, 0.2) is 18.0 Å². The van der Waals surface area contributed by atoms with E-state index in [2.05, 4.69) is 12.2 Å². The van der Waals surface area contributed by atoms with Crippen LogP contribution in [0.25, 0.3) is 0 Å². The van der Waals surface area contributed by atoms with Crippen LogP contribution in [-0.4, -0.2) is 72.1 Å². The van der Waals surface area contributed by atoms with E-state index in [1.54, 1.807) is 6.07 Å². The molecule has 1 saturated heterocycles. The molecule has 0 atom stereocenters. The predicted octanol–water partition coefficient (Wildman–Crippen LogP) is -0.101. The Labute approximate surface area is 167 Å². The number of ether oxygens (including phenoxy) is 2. The Balaban J connectivity index is 1.90. The summed E-state index contributed by atoms with van der Waals surface area (Å²) in [5.74, 6) is 0.899. The minimum Gasteiger partial charge on any atom is -0.493 e. The molecule has 8 nitrogen and oxygen atoms in total. The van der Waals surface area contributed by atoms with Crippen molar-refractivity contribution in [3.8, 4) is 11.5 Å². The quantitative estimate of drug-likeness (QED) is 0.522. The first-order chi connectivity index (χ1) is 13.4. The summed E-state index contributed by atoms with van der Waals surface area (Å²) in [5, 5.41) is 2.94. The molecule has 0 spiro atoms. The number of rotatable bonds is 10. The van der Waals surface area contributed by atoms with Gasteiger partial charge >= 0.3 is 0 Å². The summed E-state index contributed by atoms with van der Waals surface area (Å²) in [6.07, 6.45) is 3.23. The molecule has 1 heterocycles. The van der Waals surface area contributed by atoms with Crippen LogP contribution in [0.2, 0.25) is 0 Å². The lowest BCUT2D eigenvalue weighted by Crippen LogP contribution is -3.15. The summed E-state index contributed by atoms with van der Waals surface area (Å²) in [4.78, 5) is 13.3. The molecule has 0 aliphatic carbocycles. The van der Waals surface area contributed by atoms with Crippen molar-refractivity contribution in [3.63, 3.8) is 0 Å². The topological polar surface area (TPSA) is 89.4 Å². The number of nitrogens with one attached hydrogen (secondary N) is 2. The van der Waals surface area contributed by atoms with Crippen molar-refractivity contribution in [3.05, 3.63) is 18.2 Å². The van der Waals surface area contributed by atoms with Gasteiger partial charge in [0.25, 0.3) is 5.91 Å². The second kappa shape index (κ2) is 10.6. The fourth-order valence-electron chi connectivity index (χ4n) is 3.24. The minimum atomic E-state index is -3.61. The Morgan fingerprint density at radius 1 is 1.14 bits per heavy atom. The van der Waals surface area contributed by atoms with Gasteiger partial charge in [0.05, 0.1) is 45.3 Å². The van der Waals surface area contributed by atoms with E-state index in [9.17, 15) is 13.2 Å². The summed E-state index contributed by atoms with van der Waals surface area (Å²) in [6, 6.07) is 4.60. The van der Waals surface area contributed by atoms with Crippen LogP contribution in [0.5, 0.6) is 11.5 Å². The van der Waals surface area contributed by atoms with Gasteiger partial charge in [-0.3, -0.25) is 4.79 Å². The molecule has 2 rings (SSSR count). The van der Waals surface area contributed by atoms with Crippen molar-refractivity contribution in [2.75, 3.05) is 53.5 Å². The molecule has 1 aromatic carbocycles. The predicted molar refractivity (Wildman–Crippen MR) is 106 cm³/mol. The van der Waals surface area contributed by atoms with Gasteiger partial charge in [0, 0.05) is 12.6 Å². The van der Waals surface area contributed by atoms with Crippen LogP contribution in [0.15, 0.2) is 23.1 Å². The Hall–Kier alpha value is -1.84. The Kier molecular flexibility index (Phi) is 8.53. The molecular formula is C19H32N3O5S+. The van der Waals surface area contributed by atoms with Crippen LogP contribution in [0.3, 0.4) is 0 Å². The van der Waals surface area contributed by atoms with Gasteiger partial charge < -0.3 is 19.7 Å². The zero-order valence-corrected chi connectivity index (χ0v) is 17.8. The van der Waals surface area contributed by atoms with Crippen molar-refractivity contribution in [2.24, 2.45) is 0 Å². The average molecular weight is 415 g/mol. The molecule has 1 amide bonds. The molecule has 0 aromatic heterocycles. The highest BCUT2D eigenvalue weighted by atomic mass is 32.2. The smallest absolute Gasteiger partial charge is 0.275 e. The standard InChI is InChI=1S/C19H31N3O5S/c1-4-5-6-9-20-19(23)15-21-10-12-22(13-11-21)28(24,25)16-7-8-17(26-2)18(14-16)27-3/h7-8,14H,4-6,9-13,15H2,1-3H3,(H,20,23)/p+1. The molecule has 0 radical (unpaired) electrons. The van der Waals surface area contributed by atoms with Crippen molar-refractivity contribution < 1.29 is 27.6 Å². The number of quaternary nitrogens is 1. The Morgan fingerprint density at radius 3 is 2.43 bits per heavy atom. The van der Waals surface area contributed by atoms with Gasteiger partial charge in [-0.2, -0.15) is 4.31 Å². The molecule has 1 fully saturated rings. The van der Waals surface area contributed by atoms with E-state index in [1.807, 2.05) is 0 Å². The number of hydrogen-bond donors (Lipinski definition) is 2. The number of carbonyl (C=O) groups excluding carboxylic acids is 1. The van der Waals surface area contributed by atoms with Gasteiger partial charge in [-0.1, -0.05) is 19.8 Å². The number of piperazine rings is 1. The molecular weight excluding hydrogens is 382 g/mol. The molecule has 9 heteroatoms. The SMILES string of the molecule is CCCCCNC(=O)C[NH+]1CCN(S(=O)(=O)c2ccc(OC)c(OC)c2)CC1. The molecule has 28 heavy (non-hydrogen) atoms. The van der Waals surface area contributed by atoms with Gasteiger partial charge in [-0.05, 0) is 18.6 Å². The molecule has 0 unspecified atom stereocenters. The minimum absolute atomic E-state index is 0.0299. The van der Waals surface area contributed by atoms with Crippen molar-refractivity contribution in [1.29, 1.82) is 0 Å². The molecule has 1 aromatic rings. The highest BCUT2D eigenvalue weighted by Crippen LogP contribution is 2.30. The number of sulfonamides is 1. The fourth-order valence-corrected chi connectivity index (χ4v) is 4.70. The summed E-state index contributed by atoms with van der Waals surface area (Å²) < 4.78 is 37.7. The van der Waals surface area contributed by atoms with Crippen molar-refractivity contribution >= 4 is 15.9 Å². The van der Waals surface area contributed by atoms with Gasteiger partial charge in [0.2, 0.25) is 10.0 Å². The zero-order valence-electron chi connectivity index (χ0n) is 17.0. The lowest BCUT2D eigenvalue weighted by atomic mass is 10.2. The maximum atomic E-state index is 12.9. The van der Waals surface area contributed by atoms with Crippen LogP contribution in [0.1, 0.15) is 26.2 Å². The maximum absolute atomic E-state index is 12.9. The summed E-state index contributed by atoms with van der Waals surface area (Å²) >= 11 is 0. The van der Waals surface area contributed by atoms with E-state index < -0.39 is 10.0 Å². The van der Waals surface area contributed by atoms with Crippen LogP contribution < -0.4 is 19.7 Å². The van der Waals surface area contributed by atoms with E-state index in [0.717, 1.165) is 24.2 Å². The van der Waals surface area contributed by atoms with Crippen LogP contribution in [-0.2, 0) is 14.8 Å². The molecule has 1 aliphatic heterocycles. The van der Waals surface area contributed by atoms with E-state index >= 15 is 0 Å². The first-order valence-corrected chi connectivity index (χ1v) is 11.2. The van der Waals surface area contributed by atoms with E-state index in [0.29, 0.717) is 50.8 Å². The van der Waals surface area contributed by atoms with Crippen LogP contribution >= 0.6 is 0 Å². The Bertz CT molecular complexity index is 746. The van der Waals surface area contributed by atoms with Gasteiger partial charge in [0.1, 0.15) is 0 Å². The monoisotopic (exact) mass is 414 g/mol. The van der Waals surface area contributed by atoms with Gasteiger partial charge in [-0.15, -0.1) is 0 Å².